The number of aromatic nitrogens is 1. The molecule has 0 atom stereocenters. The second-order valence-electron chi connectivity index (χ2n) is 6.58. The number of para-hydroxylation sites is 1. The maximum Gasteiger partial charge on any atom is 0.160 e. The maximum atomic E-state index is 5.69. The monoisotopic (exact) mass is 328 g/mol. The first-order chi connectivity index (χ1) is 11.8. The molecule has 1 aromatic heterocycles. The van der Waals surface area contributed by atoms with Crippen LogP contribution >= 0.6 is 0 Å². The molecule has 2 saturated heterocycles. The van der Waals surface area contributed by atoms with Crippen molar-refractivity contribution in [2.45, 2.75) is 26.1 Å². The van der Waals surface area contributed by atoms with Gasteiger partial charge in [-0.1, -0.05) is 12.1 Å². The van der Waals surface area contributed by atoms with E-state index in [2.05, 4.69) is 22.9 Å². The highest BCUT2D eigenvalue weighted by Crippen LogP contribution is 2.36. The summed E-state index contributed by atoms with van der Waals surface area (Å²) in [5.41, 5.74) is 3.43. The summed E-state index contributed by atoms with van der Waals surface area (Å²) in [6, 6.07) is 6.15. The lowest BCUT2D eigenvalue weighted by atomic mass is 9.95. The summed E-state index contributed by atoms with van der Waals surface area (Å²) in [6.45, 7) is 5.64. The molecule has 0 spiro atoms. The minimum atomic E-state index is 0.00234. The van der Waals surface area contributed by atoms with E-state index in [1.54, 1.807) is 7.11 Å². The van der Waals surface area contributed by atoms with E-state index in [9.17, 15) is 0 Å². The van der Waals surface area contributed by atoms with Gasteiger partial charge in [0, 0.05) is 30.6 Å². The Morgan fingerprint density at radius 2 is 1.92 bits per heavy atom. The standard InChI is InChI=1S/C19H24N2O3/c1-13-12-20-17-15(4-3-5-16(17)22-2)18(13)21-8-6-14(7-9-21)19-23-10-11-24-19/h3-5,12,14,19H,6-11H2,1-2H3. The maximum absolute atomic E-state index is 5.69. The van der Waals surface area contributed by atoms with Gasteiger partial charge in [-0.25, -0.2) is 0 Å². The smallest absolute Gasteiger partial charge is 0.160 e. The van der Waals surface area contributed by atoms with Gasteiger partial charge < -0.3 is 19.1 Å². The number of fused-ring (bicyclic) bond motifs is 1. The molecule has 2 aliphatic rings. The zero-order valence-corrected chi connectivity index (χ0v) is 14.3. The van der Waals surface area contributed by atoms with Crippen molar-refractivity contribution >= 4 is 16.6 Å². The molecule has 2 aromatic rings. The molecule has 2 fully saturated rings. The van der Waals surface area contributed by atoms with Crippen LogP contribution in [-0.4, -0.2) is 44.7 Å². The average molecular weight is 328 g/mol. The first-order valence-electron chi connectivity index (χ1n) is 8.68. The molecular weight excluding hydrogens is 304 g/mol. The number of hydrogen-bond acceptors (Lipinski definition) is 5. The quantitative estimate of drug-likeness (QED) is 0.866. The number of benzene rings is 1. The Kier molecular flexibility index (Phi) is 4.29. The molecule has 1 aromatic carbocycles. The number of aryl methyl sites for hydroxylation is 1. The van der Waals surface area contributed by atoms with Gasteiger partial charge in [0.25, 0.3) is 0 Å². The molecular formula is C19H24N2O3. The van der Waals surface area contributed by atoms with E-state index in [4.69, 9.17) is 14.2 Å². The first-order valence-corrected chi connectivity index (χ1v) is 8.68. The van der Waals surface area contributed by atoms with Crippen LogP contribution in [0, 0.1) is 12.8 Å². The molecule has 0 aliphatic carbocycles. The zero-order chi connectivity index (χ0) is 16.5. The van der Waals surface area contributed by atoms with Crippen molar-refractivity contribution in [2.75, 3.05) is 38.3 Å². The third-order valence-electron chi connectivity index (χ3n) is 5.12. The van der Waals surface area contributed by atoms with E-state index in [0.717, 1.165) is 50.4 Å². The van der Waals surface area contributed by atoms with Crippen LogP contribution < -0.4 is 9.64 Å². The fourth-order valence-corrected chi connectivity index (χ4v) is 3.91. The van der Waals surface area contributed by atoms with E-state index in [-0.39, 0.29) is 6.29 Å². The summed E-state index contributed by atoms with van der Waals surface area (Å²) >= 11 is 0. The molecule has 0 radical (unpaired) electrons. The van der Waals surface area contributed by atoms with Gasteiger partial charge in [0.15, 0.2) is 6.29 Å². The number of ether oxygens (including phenoxy) is 3. The van der Waals surface area contributed by atoms with Crippen LogP contribution in [0.15, 0.2) is 24.4 Å². The largest absolute Gasteiger partial charge is 0.494 e. The average Bonchev–Trinajstić information content (AvgIpc) is 3.16. The highest BCUT2D eigenvalue weighted by molar-refractivity contribution is 5.96. The van der Waals surface area contributed by atoms with Crippen molar-refractivity contribution in [3.63, 3.8) is 0 Å². The second kappa shape index (κ2) is 6.57. The van der Waals surface area contributed by atoms with Gasteiger partial charge in [0.05, 0.1) is 26.0 Å². The first kappa shape index (κ1) is 15.7. The normalized spacial score (nSPS) is 20.0. The van der Waals surface area contributed by atoms with Crippen LogP contribution in [-0.2, 0) is 9.47 Å². The molecule has 0 amide bonds. The van der Waals surface area contributed by atoms with Gasteiger partial charge in [-0.15, -0.1) is 0 Å². The summed E-state index contributed by atoms with van der Waals surface area (Å²) in [5, 5.41) is 1.17. The highest BCUT2D eigenvalue weighted by Gasteiger charge is 2.31. The van der Waals surface area contributed by atoms with Gasteiger partial charge in [-0.3, -0.25) is 4.98 Å². The Morgan fingerprint density at radius 3 is 2.62 bits per heavy atom. The molecule has 0 unspecified atom stereocenters. The van der Waals surface area contributed by atoms with E-state index in [1.165, 1.54) is 16.6 Å². The van der Waals surface area contributed by atoms with Crippen LogP contribution in [0.5, 0.6) is 5.75 Å². The fraction of sp³-hybridized carbons (Fsp3) is 0.526. The van der Waals surface area contributed by atoms with Crippen LogP contribution in [0.25, 0.3) is 10.9 Å². The molecule has 0 saturated carbocycles. The number of methoxy groups -OCH3 is 1. The van der Waals surface area contributed by atoms with Crippen molar-refractivity contribution in [3.8, 4) is 5.75 Å². The molecule has 4 rings (SSSR count). The predicted molar refractivity (Wildman–Crippen MR) is 93.7 cm³/mol. The fourth-order valence-electron chi connectivity index (χ4n) is 3.91. The lowest BCUT2D eigenvalue weighted by Gasteiger charge is -2.36. The number of rotatable bonds is 3. The topological polar surface area (TPSA) is 43.8 Å². The summed E-state index contributed by atoms with van der Waals surface area (Å²) in [6.07, 6.45) is 4.15. The molecule has 24 heavy (non-hydrogen) atoms. The summed E-state index contributed by atoms with van der Waals surface area (Å²) < 4.78 is 16.9. The van der Waals surface area contributed by atoms with Gasteiger partial charge in [-0.05, 0) is 31.4 Å². The van der Waals surface area contributed by atoms with Crippen molar-refractivity contribution in [2.24, 2.45) is 5.92 Å². The van der Waals surface area contributed by atoms with Crippen molar-refractivity contribution < 1.29 is 14.2 Å². The molecule has 5 heteroatoms. The van der Waals surface area contributed by atoms with E-state index >= 15 is 0 Å². The van der Waals surface area contributed by atoms with Gasteiger partial charge >= 0.3 is 0 Å². The van der Waals surface area contributed by atoms with Crippen molar-refractivity contribution in [1.82, 2.24) is 4.98 Å². The van der Waals surface area contributed by atoms with Gasteiger partial charge in [0.1, 0.15) is 11.3 Å². The number of piperidine rings is 1. The van der Waals surface area contributed by atoms with E-state index in [1.807, 2.05) is 18.3 Å². The van der Waals surface area contributed by atoms with Crippen LogP contribution in [0.4, 0.5) is 5.69 Å². The Labute approximate surface area is 142 Å². The number of hydrogen-bond donors (Lipinski definition) is 0. The molecule has 5 nitrogen and oxygen atoms in total. The molecule has 2 aliphatic heterocycles. The number of anilines is 1. The van der Waals surface area contributed by atoms with Gasteiger partial charge in [0.2, 0.25) is 0 Å². The van der Waals surface area contributed by atoms with Crippen molar-refractivity contribution in [3.05, 3.63) is 30.0 Å². The number of pyridine rings is 1. The second-order valence-corrected chi connectivity index (χ2v) is 6.58. The summed E-state index contributed by atoms with van der Waals surface area (Å²) in [5.74, 6) is 1.34. The third kappa shape index (κ3) is 2.72. The number of nitrogens with zero attached hydrogens (tertiary/aromatic N) is 2. The lowest BCUT2D eigenvalue weighted by Crippen LogP contribution is -2.38. The molecule has 3 heterocycles. The van der Waals surface area contributed by atoms with E-state index in [0.29, 0.717) is 5.92 Å². The highest BCUT2D eigenvalue weighted by atomic mass is 16.7. The van der Waals surface area contributed by atoms with Crippen LogP contribution in [0.2, 0.25) is 0 Å². The Morgan fingerprint density at radius 1 is 1.17 bits per heavy atom. The molecule has 128 valence electrons. The Balaban J connectivity index is 1.61. The molecule has 0 N–H and O–H groups in total. The lowest BCUT2D eigenvalue weighted by molar-refractivity contribution is -0.0889. The SMILES string of the molecule is COc1cccc2c(N3CCC(C4OCCO4)CC3)c(C)cnc12. The minimum absolute atomic E-state index is 0.00234. The summed E-state index contributed by atoms with van der Waals surface area (Å²) in [7, 11) is 1.70. The van der Waals surface area contributed by atoms with Crippen molar-refractivity contribution in [1.29, 1.82) is 0 Å². The molecule has 0 bridgehead atoms. The van der Waals surface area contributed by atoms with E-state index < -0.39 is 0 Å². The van der Waals surface area contributed by atoms with Crippen LogP contribution in [0.1, 0.15) is 18.4 Å². The third-order valence-corrected chi connectivity index (χ3v) is 5.12. The van der Waals surface area contributed by atoms with Gasteiger partial charge in [-0.2, -0.15) is 0 Å². The summed E-state index contributed by atoms with van der Waals surface area (Å²) in [4.78, 5) is 7.07. The Hall–Kier alpha value is -1.85. The predicted octanol–water partition coefficient (Wildman–Crippen LogP) is 3.14. The van der Waals surface area contributed by atoms with Crippen LogP contribution in [0.3, 0.4) is 0 Å². The Bertz CT molecular complexity index is 720. The minimum Gasteiger partial charge on any atom is -0.494 e. The zero-order valence-electron chi connectivity index (χ0n) is 14.3.